The summed E-state index contributed by atoms with van der Waals surface area (Å²) in [7, 11) is 0. The molecule has 1 saturated carbocycles. The number of carbonyl (C=O) groups is 2. The highest BCUT2D eigenvalue weighted by Crippen LogP contribution is 2.24. The summed E-state index contributed by atoms with van der Waals surface area (Å²) in [4.78, 5) is 22.8. The van der Waals surface area contributed by atoms with E-state index in [1.165, 1.54) is 0 Å². The van der Waals surface area contributed by atoms with Crippen molar-refractivity contribution < 1.29 is 14.7 Å². The largest absolute Gasteiger partial charge is 0.481 e. The zero-order valence-electron chi connectivity index (χ0n) is 11.2. The van der Waals surface area contributed by atoms with E-state index in [0.717, 1.165) is 12.8 Å². The molecule has 3 atom stereocenters. The molecule has 1 aliphatic carbocycles. The average molecular weight is 256 g/mol. The predicted octanol–water partition coefficient (Wildman–Crippen LogP) is 1.12. The molecule has 1 rings (SSSR count). The van der Waals surface area contributed by atoms with Crippen molar-refractivity contribution in [1.82, 2.24) is 5.32 Å². The van der Waals surface area contributed by atoms with Crippen LogP contribution < -0.4 is 11.1 Å². The van der Waals surface area contributed by atoms with Crippen molar-refractivity contribution in [3.05, 3.63) is 0 Å². The van der Waals surface area contributed by atoms with Gasteiger partial charge in [0.2, 0.25) is 5.91 Å². The van der Waals surface area contributed by atoms with Crippen molar-refractivity contribution in [1.29, 1.82) is 0 Å². The summed E-state index contributed by atoms with van der Waals surface area (Å²) < 4.78 is 0. The van der Waals surface area contributed by atoms with Gasteiger partial charge < -0.3 is 16.2 Å². The molecule has 0 aromatic heterocycles. The smallest absolute Gasteiger partial charge is 0.306 e. The van der Waals surface area contributed by atoms with Gasteiger partial charge in [-0.15, -0.1) is 0 Å². The molecule has 5 heteroatoms. The molecule has 0 bridgehead atoms. The second kappa shape index (κ2) is 6.73. The Bertz CT molecular complexity index is 305. The molecule has 2 unspecified atom stereocenters. The van der Waals surface area contributed by atoms with Gasteiger partial charge in [-0.3, -0.25) is 9.59 Å². The minimum atomic E-state index is -0.763. The summed E-state index contributed by atoms with van der Waals surface area (Å²) in [5.41, 5.74) is 5.80. The molecule has 0 aliphatic heterocycles. The maximum Gasteiger partial charge on any atom is 0.306 e. The Labute approximate surface area is 108 Å². The van der Waals surface area contributed by atoms with Gasteiger partial charge in [-0.2, -0.15) is 0 Å². The normalized spacial score (nSPS) is 25.8. The lowest BCUT2D eigenvalue weighted by Gasteiger charge is -2.28. The topological polar surface area (TPSA) is 92.4 Å². The average Bonchev–Trinajstić information content (AvgIpc) is 2.28. The quantitative estimate of drug-likeness (QED) is 0.687. The van der Waals surface area contributed by atoms with Gasteiger partial charge in [0.15, 0.2) is 0 Å². The molecule has 4 N–H and O–H groups in total. The van der Waals surface area contributed by atoms with Gasteiger partial charge in [-0.05, 0) is 31.6 Å². The van der Waals surface area contributed by atoms with E-state index >= 15 is 0 Å². The van der Waals surface area contributed by atoms with E-state index in [0.29, 0.717) is 25.2 Å². The van der Waals surface area contributed by atoms with Crippen LogP contribution in [-0.4, -0.2) is 29.1 Å². The van der Waals surface area contributed by atoms with Crippen molar-refractivity contribution in [3.8, 4) is 0 Å². The minimum absolute atomic E-state index is 0.0365. The fraction of sp³-hybridized carbons (Fsp3) is 0.846. The number of hydrogen-bond donors (Lipinski definition) is 3. The first-order valence-corrected chi connectivity index (χ1v) is 6.69. The van der Waals surface area contributed by atoms with Crippen LogP contribution in [0.25, 0.3) is 0 Å². The highest BCUT2D eigenvalue weighted by Gasteiger charge is 2.28. The Morgan fingerprint density at radius 2 is 2.06 bits per heavy atom. The fourth-order valence-corrected chi connectivity index (χ4v) is 2.47. The third-order valence-corrected chi connectivity index (χ3v) is 3.43. The lowest BCUT2D eigenvalue weighted by atomic mass is 9.85. The molecule has 1 amide bonds. The van der Waals surface area contributed by atoms with E-state index in [4.69, 9.17) is 10.8 Å². The summed E-state index contributed by atoms with van der Waals surface area (Å²) in [6.45, 7) is 4.04. The van der Waals surface area contributed by atoms with Crippen molar-refractivity contribution in [2.45, 2.75) is 58.0 Å². The third kappa shape index (κ3) is 4.64. The first-order chi connectivity index (χ1) is 8.40. The molecule has 0 spiro atoms. The molecule has 104 valence electrons. The summed E-state index contributed by atoms with van der Waals surface area (Å²) in [5.74, 6) is -0.866. The highest BCUT2D eigenvalue weighted by molar-refractivity contribution is 5.81. The van der Waals surface area contributed by atoms with E-state index in [2.05, 4.69) is 5.32 Å². The molecular weight excluding hydrogens is 232 g/mol. The molecule has 0 saturated heterocycles. The van der Waals surface area contributed by atoms with E-state index in [1.807, 2.05) is 13.8 Å². The first kappa shape index (κ1) is 15.0. The second-order valence-electron chi connectivity index (χ2n) is 5.64. The molecule has 18 heavy (non-hydrogen) atoms. The van der Waals surface area contributed by atoms with Crippen LogP contribution in [0, 0.1) is 11.8 Å². The molecule has 5 nitrogen and oxygen atoms in total. The molecule has 0 aromatic rings. The van der Waals surface area contributed by atoms with Crippen molar-refractivity contribution >= 4 is 11.9 Å². The van der Waals surface area contributed by atoms with Gasteiger partial charge in [-0.25, -0.2) is 0 Å². The standard InChI is InChI=1S/C13H24N2O3/c1-8(2)6-11(14)12(16)15-10-5-3-4-9(7-10)13(17)18/h8-11H,3-7,14H2,1-2H3,(H,15,16)(H,17,18)/t9?,10?,11-/m1/s1. The van der Waals surface area contributed by atoms with Crippen LogP contribution in [0.3, 0.4) is 0 Å². The molecule has 1 aliphatic rings. The van der Waals surface area contributed by atoms with E-state index < -0.39 is 12.0 Å². The number of nitrogens with one attached hydrogen (secondary N) is 1. The van der Waals surface area contributed by atoms with Gasteiger partial charge in [0.25, 0.3) is 0 Å². The van der Waals surface area contributed by atoms with Crippen LogP contribution in [-0.2, 0) is 9.59 Å². The van der Waals surface area contributed by atoms with Gasteiger partial charge in [0, 0.05) is 6.04 Å². The fourth-order valence-electron chi connectivity index (χ4n) is 2.47. The van der Waals surface area contributed by atoms with Gasteiger partial charge in [0.05, 0.1) is 12.0 Å². The third-order valence-electron chi connectivity index (χ3n) is 3.43. The monoisotopic (exact) mass is 256 g/mol. The van der Waals surface area contributed by atoms with Gasteiger partial charge in [0.1, 0.15) is 0 Å². The molecule has 0 aromatic carbocycles. The van der Waals surface area contributed by atoms with Crippen LogP contribution in [0.4, 0.5) is 0 Å². The summed E-state index contributed by atoms with van der Waals surface area (Å²) >= 11 is 0. The number of carboxylic acids is 1. The maximum absolute atomic E-state index is 11.8. The summed E-state index contributed by atoms with van der Waals surface area (Å²) in [6.07, 6.45) is 3.58. The van der Waals surface area contributed by atoms with Crippen LogP contribution in [0.5, 0.6) is 0 Å². The number of carboxylic acid groups (broad SMARTS) is 1. The Morgan fingerprint density at radius 3 is 2.61 bits per heavy atom. The Hall–Kier alpha value is -1.10. The van der Waals surface area contributed by atoms with Gasteiger partial charge >= 0.3 is 5.97 Å². The minimum Gasteiger partial charge on any atom is -0.481 e. The Balaban J connectivity index is 2.41. The number of hydrogen-bond acceptors (Lipinski definition) is 3. The van der Waals surface area contributed by atoms with Crippen LogP contribution in [0.2, 0.25) is 0 Å². The highest BCUT2D eigenvalue weighted by atomic mass is 16.4. The number of nitrogens with two attached hydrogens (primary N) is 1. The SMILES string of the molecule is CC(C)C[C@@H](N)C(=O)NC1CCCC(C(=O)O)C1. The maximum atomic E-state index is 11.8. The van der Waals surface area contributed by atoms with E-state index in [9.17, 15) is 9.59 Å². The zero-order chi connectivity index (χ0) is 13.7. The zero-order valence-corrected chi connectivity index (χ0v) is 11.2. The van der Waals surface area contributed by atoms with Crippen molar-refractivity contribution in [2.75, 3.05) is 0 Å². The van der Waals surface area contributed by atoms with Gasteiger partial charge in [-0.1, -0.05) is 20.3 Å². The van der Waals surface area contributed by atoms with Crippen LogP contribution in [0.1, 0.15) is 46.0 Å². The summed E-state index contributed by atoms with van der Waals surface area (Å²) in [6, 6.07) is -0.527. The molecule has 0 radical (unpaired) electrons. The predicted molar refractivity (Wildman–Crippen MR) is 69.0 cm³/mol. The van der Waals surface area contributed by atoms with Crippen LogP contribution >= 0.6 is 0 Å². The molecular formula is C13H24N2O3. The number of rotatable bonds is 5. The first-order valence-electron chi connectivity index (χ1n) is 6.69. The molecule has 0 heterocycles. The summed E-state index contributed by atoms with van der Waals surface area (Å²) in [5, 5.41) is 11.9. The van der Waals surface area contributed by atoms with Crippen LogP contribution in [0.15, 0.2) is 0 Å². The lowest BCUT2D eigenvalue weighted by Crippen LogP contribution is -2.47. The van der Waals surface area contributed by atoms with Crippen molar-refractivity contribution in [3.63, 3.8) is 0 Å². The second-order valence-corrected chi connectivity index (χ2v) is 5.64. The molecule has 1 fully saturated rings. The Kier molecular flexibility index (Phi) is 5.59. The number of carbonyl (C=O) groups excluding carboxylic acids is 1. The number of amides is 1. The van der Waals surface area contributed by atoms with E-state index in [-0.39, 0.29) is 17.9 Å². The van der Waals surface area contributed by atoms with Crippen molar-refractivity contribution in [2.24, 2.45) is 17.6 Å². The number of aliphatic carboxylic acids is 1. The lowest BCUT2D eigenvalue weighted by molar-refractivity contribution is -0.143. The Morgan fingerprint density at radius 1 is 1.39 bits per heavy atom. The van der Waals surface area contributed by atoms with E-state index in [1.54, 1.807) is 0 Å².